The molecule has 0 aliphatic carbocycles. The Kier molecular flexibility index (Phi) is 5.42. The lowest BCUT2D eigenvalue weighted by molar-refractivity contribution is 0.200. The number of rotatable bonds is 6. The van der Waals surface area contributed by atoms with Crippen LogP contribution in [0.4, 0.5) is 5.82 Å². The molecule has 15 heavy (non-hydrogen) atoms. The van der Waals surface area contributed by atoms with Gasteiger partial charge in [-0.05, 0) is 19.1 Å². The average Bonchev–Trinajstić information content (AvgIpc) is 2.16. The lowest BCUT2D eigenvalue weighted by atomic mass is 10.4. The van der Waals surface area contributed by atoms with E-state index in [4.69, 9.17) is 10.5 Å². The molecule has 5 heteroatoms. The maximum absolute atomic E-state index is 5.63. The molecule has 0 unspecified atom stereocenters. The summed E-state index contributed by atoms with van der Waals surface area (Å²) in [5, 5.41) is 0. The van der Waals surface area contributed by atoms with Crippen LogP contribution in [-0.2, 0) is 10.5 Å². The number of hydrogen-bond donors (Lipinski definition) is 1. The maximum Gasteiger partial charge on any atom is 0.140 e. The summed E-state index contributed by atoms with van der Waals surface area (Å²) in [6.07, 6.45) is 1.06. The highest BCUT2D eigenvalue weighted by atomic mass is 32.2. The van der Waals surface area contributed by atoms with E-state index in [1.807, 2.05) is 6.92 Å². The van der Waals surface area contributed by atoms with Gasteiger partial charge < -0.3 is 10.5 Å². The van der Waals surface area contributed by atoms with Crippen LogP contribution in [0.15, 0.2) is 6.07 Å². The topological polar surface area (TPSA) is 61.0 Å². The molecule has 1 aromatic heterocycles. The molecule has 4 nitrogen and oxygen atoms in total. The van der Waals surface area contributed by atoms with E-state index in [2.05, 4.69) is 9.97 Å². The quantitative estimate of drug-likeness (QED) is 0.749. The summed E-state index contributed by atoms with van der Waals surface area (Å²) < 4.78 is 4.97. The Balaban J connectivity index is 2.31. The van der Waals surface area contributed by atoms with Crippen molar-refractivity contribution in [3.8, 4) is 0 Å². The van der Waals surface area contributed by atoms with E-state index in [0.717, 1.165) is 36.1 Å². The maximum atomic E-state index is 5.63. The molecule has 0 spiro atoms. The van der Waals surface area contributed by atoms with Gasteiger partial charge in [-0.1, -0.05) is 0 Å². The smallest absolute Gasteiger partial charge is 0.140 e. The van der Waals surface area contributed by atoms with E-state index in [9.17, 15) is 0 Å². The molecule has 84 valence electrons. The summed E-state index contributed by atoms with van der Waals surface area (Å²) in [7, 11) is 1.72. The van der Waals surface area contributed by atoms with Crippen molar-refractivity contribution in [1.29, 1.82) is 0 Å². The second kappa shape index (κ2) is 6.63. The number of hydrogen-bond acceptors (Lipinski definition) is 5. The fourth-order valence-corrected chi connectivity index (χ4v) is 1.97. The van der Waals surface area contributed by atoms with Crippen LogP contribution in [0, 0.1) is 6.92 Å². The van der Waals surface area contributed by atoms with Crippen LogP contribution in [0.1, 0.15) is 17.9 Å². The first kappa shape index (κ1) is 12.3. The van der Waals surface area contributed by atoms with Crippen molar-refractivity contribution in [1.82, 2.24) is 9.97 Å². The van der Waals surface area contributed by atoms with Gasteiger partial charge in [0.15, 0.2) is 0 Å². The van der Waals surface area contributed by atoms with E-state index in [1.54, 1.807) is 24.9 Å². The fraction of sp³-hybridized carbons (Fsp3) is 0.600. The number of aromatic nitrogens is 2. The third-order valence-corrected chi connectivity index (χ3v) is 2.83. The summed E-state index contributed by atoms with van der Waals surface area (Å²) >= 11 is 1.80. The normalized spacial score (nSPS) is 10.5. The number of nitrogens with zero attached hydrogens (tertiary/aromatic N) is 2. The summed E-state index contributed by atoms with van der Waals surface area (Å²) in [5.41, 5.74) is 6.56. The molecular weight excluding hydrogens is 210 g/mol. The second-order valence-electron chi connectivity index (χ2n) is 3.25. The van der Waals surface area contributed by atoms with Crippen molar-refractivity contribution in [2.45, 2.75) is 19.1 Å². The van der Waals surface area contributed by atoms with Crippen molar-refractivity contribution in [2.24, 2.45) is 0 Å². The van der Waals surface area contributed by atoms with Gasteiger partial charge >= 0.3 is 0 Å². The molecule has 1 rings (SSSR count). The number of anilines is 1. The van der Waals surface area contributed by atoms with Crippen LogP contribution in [0.5, 0.6) is 0 Å². The minimum Gasteiger partial charge on any atom is -0.385 e. The molecule has 1 aromatic rings. The van der Waals surface area contributed by atoms with Crippen molar-refractivity contribution in [3.63, 3.8) is 0 Å². The third kappa shape index (κ3) is 4.99. The van der Waals surface area contributed by atoms with E-state index in [1.165, 1.54) is 0 Å². The molecule has 1 heterocycles. The minimum absolute atomic E-state index is 0.551. The summed E-state index contributed by atoms with van der Waals surface area (Å²) in [4.78, 5) is 8.48. The molecule has 0 aromatic carbocycles. The molecule has 2 N–H and O–H groups in total. The van der Waals surface area contributed by atoms with Crippen LogP contribution < -0.4 is 5.73 Å². The predicted octanol–water partition coefficient (Wildman–Crippen LogP) is 1.64. The van der Waals surface area contributed by atoms with Gasteiger partial charge in [0.2, 0.25) is 0 Å². The lowest BCUT2D eigenvalue weighted by Gasteiger charge is -2.03. The largest absolute Gasteiger partial charge is 0.385 e. The zero-order chi connectivity index (χ0) is 11.1. The van der Waals surface area contributed by atoms with Gasteiger partial charge in [-0.15, -0.1) is 0 Å². The van der Waals surface area contributed by atoms with Crippen LogP contribution >= 0.6 is 11.8 Å². The number of thioether (sulfide) groups is 1. The van der Waals surface area contributed by atoms with Crippen molar-refractivity contribution in [3.05, 3.63) is 17.6 Å². The Hall–Kier alpha value is -0.810. The van der Waals surface area contributed by atoms with Gasteiger partial charge in [0.05, 0.1) is 5.75 Å². The summed E-state index contributed by atoms with van der Waals surface area (Å²) in [6, 6.07) is 1.78. The van der Waals surface area contributed by atoms with E-state index in [-0.39, 0.29) is 0 Å². The van der Waals surface area contributed by atoms with E-state index in [0.29, 0.717) is 5.82 Å². The Morgan fingerprint density at radius 1 is 1.47 bits per heavy atom. The highest BCUT2D eigenvalue weighted by Gasteiger charge is 1.99. The highest BCUT2D eigenvalue weighted by Crippen LogP contribution is 2.11. The monoisotopic (exact) mass is 227 g/mol. The third-order valence-electron chi connectivity index (χ3n) is 1.79. The number of aryl methyl sites for hydroxylation is 1. The van der Waals surface area contributed by atoms with Crippen LogP contribution in [0.3, 0.4) is 0 Å². The second-order valence-corrected chi connectivity index (χ2v) is 4.35. The Morgan fingerprint density at radius 3 is 2.93 bits per heavy atom. The van der Waals surface area contributed by atoms with E-state index >= 15 is 0 Å². The molecule has 0 radical (unpaired) electrons. The molecule has 0 saturated carbocycles. The van der Waals surface area contributed by atoms with Gasteiger partial charge in [0, 0.05) is 25.5 Å². The van der Waals surface area contributed by atoms with Crippen LogP contribution in [-0.4, -0.2) is 29.4 Å². The number of methoxy groups -OCH3 is 1. The Labute approximate surface area is 94.6 Å². The van der Waals surface area contributed by atoms with Gasteiger partial charge in [-0.2, -0.15) is 11.8 Å². The molecule has 0 amide bonds. The molecule has 0 atom stereocenters. The number of ether oxygens (including phenoxy) is 1. The lowest BCUT2D eigenvalue weighted by Crippen LogP contribution is -2.00. The van der Waals surface area contributed by atoms with Crippen molar-refractivity contribution >= 4 is 17.6 Å². The standard InChI is InChI=1S/C10H17N3OS/c1-8-6-9(11)13-10(12-8)7-15-5-3-4-14-2/h6H,3-5,7H2,1-2H3,(H2,11,12,13). The van der Waals surface area contributed by atoms with Gasteiger partial charge in [-0.3, -0.25) is 0 Å². The van der Waals surface area contributed by atoms with Crippen molar-refractivity contribution < 1.29 is 4.74 Å². The summed E-state index contributed by atoms with van der Waals surface area (Å²) in [5.74, 6) is 3.24. The fourth-order valence-electron chi connectivity index (χ4n) is 1.19. The molecule has 0 aliphatic heterocycles. The first-order chi connectivity index (χ1) is 7.22. The Bertz CT molecular complexity index is 286. The first-order valence-corrected chi connectivity index (χ1v) is 6.04. The zero-order valence-electron chi connectivity index (χ0n) is 9.19. The average molecular weight is 227 g/mol. The molecule has 0 bridgehead atoms. The summed E-state index contributed by atoms with van der Waals surface area (Å²) in [6.45, 7) is 2.74. The van der Waals surface area contributed by atoms with Crippen LogP contribution in [0.2, 0.25) is 0 Å². The molecular formula is C10H17N3OS. The van der Waals surface area contributed by atoms with Crippen molar-refractivity contribution in [2.75, 3.05) is 25.2 Å². The van der Waals surface area contributed by atoms with Gasteiger partial charge in [0.25, 0.3) is 0 Å². The number of nitrogens with two attached hydrogens (primary N) is 1. The highest BCUT2D eigenvalue weighted by molar-refractivity contribution is 7.98. The predicted molar refractivity (Wildman–Crippen MR) is 63.8 cm³/mol. The first-order valence-electron chi connectivity index (χ1n) is 4.89. The molecule has 0 fully saturated rings. The minimum atomic E-state index is 0.551. The molecule has 0 saturated heterocycles. The zero-order valence-corrected chi connectivity index (χ0v) is 10.0. The van der Waals surface area contributed by atoms with Gasteiger partial charge in [0.1, 0.15) is 11.6 Å². The Morgan fingerprint density at radius 2 is 2.27 bits per heavy atom. The molecule has 0 aliphatic rings. The van der Waals surface area contributed by atoms with E-state index < -0.39 is 0 Å². The SMILES string of the molecule is COCCCSCc1nc(C)cc(N)n1. The number of nitrogen functional groups attached to an aromatic ring is 1. The van der Waals surface area contributed by atoms with Crippen LogP contribution in [0.25, 0.3) is 0 Å². The van der Waals surface area contributed by atoms with Gasteiger partial charge in [-0.25, -0.2) is 9.97 Å².